The quantitative estimate of drug-likeness (QED) is 0.175. The van der Waals surface area contributed by atoms with Gasteiger partial charge in [0.05, 0.1) is 23.9 Å². The first-order valence-corrected chi connectivity index (χ1v) is 15.4. The minimum absolute atomic E-state index is 0.0607. The number of carbonyl (C=O) groups is 4. The molecule has 6 atom stereocenters. The van der Waals surface area contributed by atoms with Crippen LogP contribution < -0.4 is 16.0 Å². The van der Waals surface area contributed by atoms with E-state index in [1.807, 2.05) is 32.9 Å². The van der Waals surface area contributed by atoms with Crippen molar-refractivity contribution in [3.05, 3.63) is 67.9 Å². The number of ketones is 2. The predicted octanol–water partition coefficient (Wildman–Crippen LogP) is 3.46. The SMILES string of the molecule is CC[C@H]1C2/C=c3\[nH]c4c(c3C)C(=O)C(C(=O)OC)C=4C3=N/C(=C\c4[nH]c(c(C(C)=O)c4C)/C=C(\N2)[C@@H]1C)[C@@H](C)[C@@H]3/C=C/C(=O)O. The number of aromatic nitrogens is 2. The number of rotatable bonds is 5. The van der Waals surface area contributed by atoms with Crippen molar-refractivity contribution in [1.29, 1.82) is 0 Å². The summed E-state index contributed by atoms with van der Waals surface area (Å²) in [5.74, 6) is -3.92. The zero-order valence-corrected chi connectivity index (χ0v) is 26.5. The maximum atomic E-state index is 14.0. The Morgan fingerprint density at radius 2 is 1.80 bits per heavy atom. The maximum absolute atomic E-state index is 14.0. The van der Waals surface area contributed by atoms with Crippen molar-refractivity contribution < 1.29 is 29.0 Å². The number of esters is 1. The van der Waals surface area contributed by atoms with Gasteiger partial charge in [-0.3, -0.25) is 19.4 Å². The molecule has 0 amide bonds. The van der Waals surface area contributed by atoms with Crippen molar-refractivity contribution in [2.75, 3.05) is 7.11 Å². The van der Waals surface area contributed by atoms with Crippen molar-refractivity contribution in [2.45, 2.75) is 54.0 Å². The number of carbonyl (C=O) groups excluding carboxylic acids is 3. The number of nitrogens with zero attached hydrogens (tertiary/aromatic N) is 1. The summed E-state index contributed by atoms with van der Waals surface area (Å²) in [5, 5.41) is 14.5. The first-order valence-electron chi connectivity index (χ1n) is 15.4. The Morgan fingerprint density at radius 3 is 2.44 bits per heavy atom. The highest BCUT2D eigenvalue weighted by Crippen LogP contribution is 2.41. The fourth-order valence-electron chi connectivity index (χ4n) is 7.66. The molecule has 45 heavy (non-hydrogen) atoms. The Morgan fingerprint density at radius 1 is 1.07 bits per heavy atom. The van der Waals surface area contributed by atoms with Crippen LogP contribution in [0.25, 0.3) is 23.8 Å². The van der Waals surface area contributed by atoms with Crippen LogP contribution in [-0.4, -0.2) is 57.4 Å². The fraction of sp³-hybridized carbons (Fsp3) is 0.400. The van der Waals surface area contributed by atoms with Gasteiger partial charge in [-0.15, -0.1) is 0 Å². The predicted molar refractivity (Wildman–Crippen MR) is 171 cm³/mol. The summed E-state index contributed by atoms with van der Waals surface area (Å²) < 4.78 is 5.12. The zero-order valence-electron chi connectivity index (χ0n) is 26.5. The Kier molecular flexibility index (Phi) is 7.42. The van der Waals surface area contributed by atoms with E-state index in [0.29, 0.717) is 44.8 Å². The van der Waals surface area contributed by atoms with Gasteiger partial charge in [-0.2, -0.15) is 0 Å². The molecule has 1 aliphatic carbocycles. The average Bonchev–Trinajstić information content (AvgIpc) is 3.72. The van der Waals surface area contributed by atoms with Gasteiger partial charge in [-0.25, -0.2) is 4.79 Å². The molecular weight excluding hydrogens is 572 g/mol. The molecule has 6 rings (SSSR count). The van der Waals surface area contributed by atoms with Crippen molar-refractivity contribution in [3.63, 3.8) is 0 Å². The summed E-state index contributed by atoms with van der Waals surface area (Å²) >= 11 is 0. The van der Waals surface area contributed by atoms with Crippen molar-refractivity contribution >= 4 is 53.0 Å². The van der Waals surface area contributed by atoms with Crippen molar-refractivity contribution in [2.24, 2.45) is 34.6 Å². The number of ether oxygens (including phenoxy) is 1. The molecule has 8 bridgehead atoms. The molecular formula is C35H38N4O6. The van der Waals surface area contributed by atoms with Gasteiger partial charge in [0.25, 0.3) is 0 Å². The number of nitrogens with one attached hydrogen (secondary N) is 3. The third-order valence-electron chi connectivity index (χ3n) is 10.1. The molecule has 1 saturated heterocycles. The van der Waals surface area contributed by atoms with Crippen LogP contribution in [0.3, 0.4) is 0 Å². The number of aromatic amines is 2. The summed E-state index contributed by atoms with van der Waals surface area (Å²) in [4.78, 5) is 63.7. The second-order valence-corrected chi connectivity index (χ2v) is 12.5. The van der Waals surface area contributed by atoms with Crippen LogP contribution in [0.15, 0.2) is 28.5 Å². The van der Waals surface area contributed by atoms with E-state index in [1.54, 1.807) is 13.0 Å². The summed E-state index contributed by atoms with van der Waals surface area (Å²) in [6.07, 6.45) is 9.54. The van der Waals surface area contributed by atoms with Gasteiger partial charge in [0.15, 0.2) is 11.6 Å². The zero-order chi connectivity index (χ0) is 32.5. The number of hydrogen-bond donors (Lipinski definition) is 4. The van der Waals surface area contributed by atoms with E-state index < -0.39 is 23.8 Å². The molecule has 10 nitrogen and oxygen atoms in total. The van der Waals surface area contributed by atoms with Gasteiger partial charge in [-0.05, 0) is 56.0 Å². The molecule has 4 N–H and O–H groups in total. The van der Waals surface area contributed by atoms with Crippen LogP contribution >= 0.6 is 0 Å². The lowest BCUT2D eigenvalue weighted by molar-refractivity contribution is -0.141. The Balaban J connectivity index is 1.72. The number of carboxylic acids is 1. The monoisotopic (exact) mass is 610 g/mol. The first kappa shape index (κ1) is 30.3. The largest absolute Gasteiger partial charge is 0.478 e. The van der Waals surface area contributed by atoms with Gasteiger partial charge in [0.1, 0.15) is 5.92 Å². The van der Waals surface area contributed by atoms with Crippen LogP contribution in [0, 0.1) is 43.4 Å². The lowest BCUT2D eigenvalue weighted by Crippen LogP contribution is -2.31. The molecule has 0 radical (unpaired) electrons. The van der Waals surface area contributed by atoms with Gasteiger partial charge in [0.2, 0.25) is 0 Å². The number of carboxylic acid groups (broad SMARTS) is 1. The molecule has 0 saturated carbocycles. The van der Waals surface area contributed by atoms with Gasteiger partial charge < -0.3 is 25.1 Å². The highest BCUT2D eigenvalue weighted by atomic mass is 16.5. The molecule has 2 aromatic rings. The van der Waals surface area contributed by atoms with Crippen LogP contribution in [0.2, 0.25) is 0 Å². The number of Topliss-reactive ketones (excluding diaryl/α,β-unsaturated/α-hetero) is 2. The van der Waals surface area contributed by atoms with Crippen molar-refractivity contribution in [3.8, 4) is 0 Å². The molecule has 3 aliphatic heterocycles. The Bertz CT molecular complexity index is 1930. The second kappa shape index (κ2) is 11.0. The molecule has 0 spiro atoms. The molecule has 234 valence electrons. The van der Waals surface area contributed by atoms with E-state index in [-0.39, 0.29) is 35.4 Å². The number of aliphatic carboxylic acids is 1. The van der Waals surface area contributed by atoms with Gasteiger partial charge in [0, 0.05) is 69.0 Å². The average molecular weight is 611 g/mol. The van der Waals surface area contributed by atoms with E-state index in [9.17, 15) is 24.3 Å². The number of hydrogen-bond acceptors (Lipinski definition) is 7. The van der Waals surface area contributed by atoms with Crippen LogP contribution in [0.1, 0.15) is 77.3 Å². The number of H-pyrrole nitrogens is 2. The molecule has 2 aromatic heterocycles. The lowest BCUT2D eigenvalue weighted by Gasteiger charge is -2.18. The summed E-state index contributed by atoms with van der Waals surface area (Å²) in [6.45, 7) is 11.6. The van der Waals surface area contributed by atoms with Gasteiger partial charge >= 0.3 is 11.9 Å². The summed E-state index contributed by atoms with van der Waals surface area (Å²) in [5.41, 5.74) is 6.44. The topological polar surface area (TPSA) is 154 Å². The van der Waals surface area contributed by atoms with E-state index >= 15 is 0 Å². The fourth-order valence-corrected chi connectivity index (χ4v) is 7.66. The van der Waals surface area contributed by atoms with E-state index in [2.05, 4.69) is 35.2 Å². The second-order valence-electron chi connectivity index (χ2n) is 12.5. The Labute approximate surface area is 260 Å². The smallest absolute Gasteiger partial charge is 0.327 e. The lowest BCUT2D eigenvalue weighted by atomic mass is 9.83. The molecule has 10 heteroatoms. The number of methoxy groups -OCH3 is 1. The summed E-state index contributed by atoms with van der Waals surface area (Å²) in [6, 6.07) is -0.0607. The molecule has 0 aromatic carbocycles. The number of aliphatic imine (C=N–C) groups is 1. The van der Waals surface area contributed by atoms with E-state index in [4.69, 9.17) is 9.73 Å². The normalized spacial score (nSPS) is 29.8. The molecule has 5 heterocycles. The maximum Gasteiger partial charge on any atom is 0.327 e. The third kappa shape index (κ3) is 4.65. The van der Waals surface area contributed by atoms with Gasteiger partial charge in [-0.1, -0.05) is 33.3 Å². The molecule has 2 unspecified atom stereocenters. The first-order chi connectivity index (χ1) is 21.4. The summed E-state index contributed by atoms with van der Waals surface area (Å²) in [7, 11) is 1.25. The number of fused-ring (bicyclic) bond motifs is 7. The van der Waals surface area contributed by atoms with E-state index in [1.165, 1.54) is 7.11 Å². The molecule has 4 aliphatic rings. The standard InChI is InChI=1S/C35H38N4O6/c1-8-19-14(2)21-13-26-28(18(6)40)16(4)23(37-26)11-22-15(3)20(9-10-27(41)42)32(38-22)30-31(35(44)45-7)34(43)29-17(5)24(39-33(29)30)12-25(19)36-21/h9-15,19-20,25,31,36-37,39H,8H2,1-7H3,(H,41,42)/b10-9+,21-13-,22-11-,24-12-/t14-,15+,19-,20+,25?,31?/m1/s1. The van der Waals surface area contributed by atoms with E-state index in [0.717, 1.165) is 34.7 Å². The van der Waals surface area contributed by atoms with Crippen LogP contribution in [0.5, 0.6) is 0 Å². The minimum Gasteiger partial charge on any atom is -0.478 e. The Hall–Kier alpha value is -4.73. The minimum atomic E-state index is -1.24. The van der Waals surface area contributed by atoms with Crippen LogP contribution in [0.4, 0.5) is 0 Å². The number of allylic oxidation sites excluding steroid dienone is 3. The van der Waals surface area contributed by atoms with Crippen LogP contribution in [-0.2, 0) is 14.3 Å². The van der Waals surface area contributed by atoms with Crippen molar-refractivity contribution in [1.82, 2.24) is 15.3 Å². The third-order valence-corrected chi connectivity index (χ3v) is 10.1. The highest BCUT2D eigenvalue weighted by Gasteiger charge is 2.47. The molecule has 1 fully saturated rings. The highest BCUT2D eigenvalue weighted by molar-refractivity contribution is 6.35.